The van der Waals surface area contributed by atoms with Crippen LogP contribution in [0.4, 0.5) is 10.1 Å². The topological polar surface area (TPSA) is 81.8 Å². The third-order valence-corrected chi connectivity index (χ3v) is 6.15. The number of nitrogens with zero attached hydrogens (tertiary/aromatic N) is 4. The summed E-state index contributed by atoms with van der Waals surface area (Å²) in [7, 11) is -2.11. The van der Waals surface area contributed by atoms with E-state index in [2.05, 4.69) is 14.9 Å². The van der Waals surface area contributed by atoms with Crippen molar-refractivity contribution < 1.29 is 12.8 Å². The molecule has 9 heteroatoms. The molecule has 1 N–H and O–H groups in total. The van der Waals surface area contributed by atoms with Gasteiger partial charge in [0.15, 0.2) is 0 Å². The highest BCUT2D eigenvalue weighted by Gasteiger charge is 2.26. The zero-order chi connectivity index (χ0) is 19.9. The first-order chi connectivity index (χ1) is 12.6. The summed E-state index contributed by atoms with van der Waals surface area (Å²) in [6.07, 6.45) is 0. The number of hydrogen-bond acceptors (Lipinski definition) is 4. The van der Waals surface area contributed by atoms with Gasteiger partial charge in [-0.05, 0) is 45.4 Å². The summed E-state index contributed by atoms with van der Waals surface area (Å²) in [4.78, 5) is 0.168. The van der Waals surface area contributed by atoms with Crippen LogP contribution in [0.15, 0.2) is 29.2 Å². The van der Waals surface area contributed by atoms with Crippen LogP contribution in [-0.4, -0.2) is 28.0 Å². The molecule has 7 nitrogen and oxygen atoms in total. The second-order valence-electron chi connectivity index (χ2n) is 6.56. The molecule has 3 rings (SSSR count). The third kappa shape index (κ3) is 3.59. The zero-order valence-corrected chi connectivity index (χ0v) is 16.7. The summed E-state index contributed by atoms with van der Waals surface area (Å²) in [5.41, 5.74) is 3.36. The van der Waals surface area contributed by atoms with Gasteiger partial charge in [-0.25, -0.2) is 12.8 Å². The summed E-state index contributed by atoms with van der Waals surface area (Å²) in [5, 5.41) is 8.58. The van der Waals surface area contributed by atoms with E-state index in [1.54, 1.807) is 51.6 Å². The maximum Gasteiger partial charge on any atom is 0.265 e. The van der Waals surface area contributed by atoms with Crippen molar-refractivity contribution in [2.45, 2.75) is 39.1 Å². The van der Waals surface area contributed by atoms with E-state index < -0.39 is 10.0 Å². The number of sulfonamides is 1. The molecule has 0 bridgehead atoms. The Balaban J connectivity index is 1.95. The van der Waals surface area contributed by atoms with Gasteiger partial charge in [0.05, 0.1) is 35.0 Å². The third-order valence-electron chi connectivity index (χ3n) is 4.55. The van der Waals surface area contributed by atoms with Crippen molar-refractivity contribution >= 4 is 15.7 Å². The van der Waals surface area contributed by atoms with Gasteiger partial charge in [-0.15, -0.1) is 0 Å². The monoisotopic (exact) mass is 391 g/mol. The van der Waals surface area contributed by atoms with Gasteiger partial charge in [0.25, 0.3) is 10.0 Å². The van der Waals surface area contributed by atoms with Crippen molar-refractivity contribution in [1.82, 2.24) is 19.6 Å². The maximum absolute atomic E-state index is 13.4. The number of benzene rings is 1. The molecule has 144 valence electrons. The standard InChI is InChI=1S/C18H22FN5O2S/c1-11-17(22-27(25,26)18-12(2)20-23(5)14(18)4)13(3)24(21-11)10-15-7-6-8-16(19)9-15/h6-9,22H,10H2,1-5H3. The largest absolute Gasteiger partial charge is 0.276 e. The van der Waals surface area contributed by atoms with E-state index in [1.807, 2.05) is 0 Å². The van der Waals surface area contributed by atoms with E-state index in [9.17, 15) is 12.8 Å². The fourth-order valence-corrected chi connectivity index (χ4v) is 4.75. The van der Waals surface area contributed by atoms with Gasteiger partial charge in [0, 0.05) is 7.05 Å². The molecule has 3 aromatic rings. The molecule has 0 fully saturated rings. The van der Waals surface area contributed by atoms with Crippen LogP contribution in [0.5, 0.6) is 0 Å². The van der Waals surface area contributed by atoms with Crippen LogP contribution in [-0.2, 0) is 23.6 Å². The van der Waals surface area contributed by atoms with Crippen LogP contribution < -0.4 is 4.72 Å². The Morgan fingerprint density at radius 3 is 2.37 bits per heavy atom. The highest BCUT2D eigenvalue weighted by Crippen LogP contribution is 2.26. The molecule has 0 atom stereocenters. The molecule has 1 aromatic carbocycles. The number of anilines is 1. The summed E-state index contributed by atoms with van der Waals surface area (Å²) in [5.74, 6) is -0.322. The lowest BCUT2D eigenvalue weighted by molar-refractivity contribution is 0.599. The molecule has 0 saturated carbocycles. The van der Waals surface area contributed by atoms with Gasteiger partial charge in [0.1, 0.15) is 10.7 Å². The quantitative estimate of drug-likeness (QED) is 0.725. The first-order valence-electron chi connectivity index (χ1n) is 8.41. The number of rotatable bonds is 5. The Morgan fingerprint density at radius 1 is 1.07 bits per heavy atom. The molecule has 2 aromatic heterocycles. The molecular weight excluding hydrogens is 369 g/mol. The smallest absolute Gasteiger partial charge is 0.265 e. The Kier molecular flexibility index (Phi) is 4.81. The van der Waals surface area contributed by atoms with Gasteiger partial charge in [0.2, 0.25) is 0 Å². The second kappa shape index (κ2) is 6.80. The SMILES string of the molecule is Cc1nn(Cc2cccc(F)c2)c(C)c1NS(=O)(=O)c1c(C)nn(C)c1C. The molecule has 2 heterocycles. The van der Waals surface area contributed by atoms with Crippen LogP contribution in [0, 0.1) is 33.5 Å². The van der Waals surface area contributed by atoms with E-state index in [-0.39, 0.29) is 10.7 Å². The van der Waals surface area contributed by atoms with Crippen molar-refractivity contribution in [3.63, 3.8) is 0 Å². The highest BCUT2D eigenvalue weighted by molar-refractivity contribution is 7.92. The lowest BCUT2D eigenvalue weighted by atomic mass is 10.2. The summed E-state index contributed by atoms with van der Waals surface area (Å²) in [6, 6.07) is 6.24. The minimum atomic E-state index is -3.81. The number of hydrogen-bond donors (Lipinski definition) is 1. The van der Waals surface area contributed by atoms with Crippen LogP contribution in [0.2, 0.25) is 0 Å². The number of halogens is 1. The first kappa shape index (κ1) is 19.1. The van der Waals surface area contributed by atoms with Crippen LogP contribution >= 0.6 is 0 Å². The first-order valence-corrected chi connectivity index (χ1v) is 9.90. The van der Waals surface area contributed by atoms with Crippen LogP contribution in [0.3, 0.4) is 0 Å². The van der Waals surface area contributed by atoms with Gasteiger partial charge < -0.3 is 0 Å². The fourth-order valence-electron chi connectivity index (χ4n) is 3.14. The lowest BCUT2D eigenvalue weighted by Crippen LogP contribution is -2.16. The molecule has 0 radical (unpaired) electrons. The van der Waals surface area contributed by atoms with Gasteiger partial charge in [-0.3, -0.25) is 14.1 Å². The van der Waals surface area contributed by atoms with Gasteiger partial charge >= 0.3 is 0 Å². The minimum absolute atomic E-state index is 0.168. The summed E-state index contributed by atoms with van der Waals surface area (Å²) < 4.78 is 45.1. The number of nitrogens with one attached hydrogen (secondary N) is 1. The fraction of sp³-hybridized carbons (Fsp3) is 0.333. The molecule has 0 amide bonds. The lowest BCUT2D eigenvalue weighted by Gasteiger charge is -2.10. The van der Waals surface area contributed by atoms with E-state index >= 15 is 0 Å². The molecule has 0 aliphatic heterocycles. The van der Waals surface area contributed by atoms with E-state index in [0.29, 0.717) is 35.0 Å². The average Bonchev–Trinajstić information content (AvgIpc) is 2.97. The van der Waals surface area contributed by atoms with Crippen molar-refractivity contribution in [2.75, 3.05) is 4.72 Å². The molecule has 0 spiro atoms. The minimum Gasteiger partial charge on any atom is -0.276 e. The molecule has 0 saturated heterocycles. The molecule has 27 heavy (non-hydrogen) atoms. The highest BCUT2D eigenvalue weighted by atomic mass is 32.2. The molecule has 0 unspecified atom stereocenters. The number of aromatic nitrogens is 4. The van der Waals surface area contributed by atoms with Crippen molar-refractivity contribution in [2.24, 2.45) is 7.05 Å². The summed E-state index contributed by atoms with van der Waals surface area (Å²) in [6.45, 7) is 7.23. The van der Waals surface area contributed by atoms with Crippen molar-refractivity contribution in [1.29, 1.82) is 0 Å². The average molecular weight is 391 g/mol. The van der Waals surface area contributed by atoms with E-state index in [0.717, 1.165) is 5.56 Å². The van der Waals surface area contributed by atoms with E-state index in [1.165, 1.54) is 16.8 Å². The van der Waals surface area contributed by atoms with Crippen molar-refractivity contribution in [3.05, 3.63) is 58.4 Å². The maximum atomic E-state index is 13.4. The van der Waals surface area contributed by atoms with E-state index in [4.69, 9.17) is 0 Å². The predicted octanol–water partition coefficient (Wildman–Crippen LogP) is 2.84. The van der Waals surface area contributed by atoms with Gasteiger partial charge in [-0.2, -0.15) is 10.2 Å². The van der Waals surface area contributed by atoms with Crippen molar-refractivity contribution in [3.8, 4) is 0 Å². The Bertz CT molecular complexity index is 1120. The van der Waals surface area contributed by atoms with Gasteiger partial charge in [-0.1, -0.05) is 12.1 Å². The Hall–Kier alpha value is -2.68. The number of aryl methyl sites for hydroxylation is 3. The molecule has 0 aliphatic carbocycles. The normalized spacial score (nSPS) is 11.8. The predicted molar refractivity (Wildman–Crippen MR) is 101 cm³/mol. The summed E-state index contributed by atoms with van der Waals surface area (Å²) >= 11 is 0. The molecule has 0 aliphatic rings. The van der Waals surface area contributed by atoms with Crippen LogP contribution in [0.1, 0.15) is 28.3 Å². The molecular formula is C18H22FN5O2S. The second-order valence-corrected chi connectivity index (χ2v) is 8.18. The Morgan fingerprint density at radius 2 is 1.78 bits per heavy atom. The zero-order valence-electron chi connectivity index (χ0n) is 15.9. The Labute approximate surface area is 157 Å². The van der Waals surface area contributed by atoms with Crippen LogP contribution in [0.25, 0.3) is 0 Å².